The van der Waals surface area contributed by atoms with Gasteiger partial charge in [0.2, 0.25) is 0 Å². The quantitative estimate of drug-likeness (QED) is 0.743. The first-order valence-corrected chi connectivity index (χ1v) is 9.48. The monoisotopic (exact) mass is 363 g/mol. The molecule has 0 aliphatic carbocycles. The molecule has 140 valence electrons. The first kappa shape index (κ1) is 17.7. The number of hydrogen-bond acceptors (Lipinski definition) is 6. The van der Waals surface area contributed by atoms with Crippen LogP contribution >= 0.6 is 0 Å². The van der Waals surface area contributed by atoms with Crippen LogP contribution in [0.4, 0.5) is 5.82 Å². The zero-order chi connectivity index (χ0) is 18.6. The van der Waals surface area contributed by atoms with Crippen molar-refractivity contribution in [1.29, 1.82) is 0 Å². The molecule has 0 radical (unpaired) electrons. The first-order valence-electron chi connectivity index (χ1n) is 9.48. The van der Waals surface area contributed by atoms with Crippen molar-refractivity contribution < 1.29 is 4.52 Å². The molecule has 4 rings (SSSR count). The molecule has 0 unspecified atom stereocenters. The molecule has 0 amide bonds. The molecule has 0 bridgehead atoms. The van der Waals surface area contributed by atoms with Gasteiger partial charge in [0, 0.05) is 31.9 Å². The van der Waals surface area contributed by atoms with Gasteiger partial charge in [-0.2, -0.15) is 4.98 Å². The van der Waals surface area contributed by atoms with Crippen molar-refractivity contribution in [3.63, 3.8) is 0 Å². The third-order valence-electron chi connectivity index (χ3n) is 5.15. The van der Waals surface area contributed by atoms with Gasteiger partial charge in [0.25, 0.3) is 5.89 Å². The van der Waals surface area contributed by atoms with Crippen LogP contribution in [0.2, 0.25) is 0 Å². The number of nitrogens with zero attached hydrogens (tertiary/aromatic N) is 4. The Labute approximate surface area is 159 Å². The number of nitrogens with one attached hydrogen (secondary N) is 1. The van der Waals surface area contributed by atoms with Crippen molar-refractivity contribution in [2.75, 3.05) is 18.4 Å². The third kappa shape index (κ3) is 4.17. The zero-order valence-electron chi connectivity index (χ0n) is 15.9. The maximum Gasteiger partial charge on any atom is 0.261 e. The largest absolute Gasteiger partial charge is 0.367 e. The van der Waals surface area contributed by atoms with Gasteiger partial charge < -0.3 is 9.84 Å². The number of aromatic nitrogens is 3. The second-order valence-electron chi connectivity index (χ2n) is 7.17. The van der Waals surface area contributed by atoms with E-state index in [0.29, 0.717) is 17.8 Å². The fourth-order valence-corrected chi connectivity index (χ4v) is 3.56. The highest BCUT2D eigenvalue weighted by Crippen LogP contribution is 2.26. The highest BCUT2D eigenvalue weighted by Gasteiger charge is 2.22. The van der Waals surface area contributed by atoms with Crippen LogP contribution in [0.25, 0.3) is 11.5 Å². The molecular formula is C21H25N5O. The summed E-state index contributed by atoms with van der Waals surface area (Å²) in [6.07, 6.45) is 3.97. The van der Waals surface area contributed by atoms with E-state index in [1.807, 2.05) is 19.1 Å². The van der Waals surface area contributed by atoms with E-state index in [1.54, 1.807) is 6.20 Å². The van der Waals surface area contributed by atoms with E-state index < -0.39 is 0 Å². The molecule has 1 saturated heterocycles. The van der Waals surface area contributed by atoms with Crippen molar-refractivity contribution in [3.05, 3.63) is 59.5 Å². The number of anilines is 1. The smallest absolute Gasteiger partial charge is 0.261 e. The molecule has 2 aromatic heterocycles. The number of rotatable bonds is 5. The molecule has 0 atom stereocenters. The van der Waals surface area contributed by atoms with Crippen molar-refractivity contribution in [2.24, 2.45) is 0 Å². The molecule has 1 N–H and O–H groups in total. The second-order valence-corrected chi connectivity index (χ2v) is 7.17. The number of aryl methyl sites for hydroxylation is 2. The van der Waals surface area contributed by atoms with Crippen LogP contribution in [0.15, 0.2) is 47.1 Å². The molecule has 6 nitrogen and oxygen atoms in total. The lowest BCUT2D eigenvalue weighted by molar-refractivity contribution is 0.211. The lowest BCUT2D eigenvalue weighted by atomic mass is 10.0. The van der Waals surface area contributed by atoms with E-state index in [2.05, 4.69) is 56.5 Å². The van der Waals surface area contributed by atoms with E-state index in [-0.39, 0.29) is 0 Å². The number of benzene rings is 1. The Bertz CT molecular complexity index is 899. The summed E-state index contributed by atoms with van der Waals surface area (Å²) in [7, 11) is 0. The normalized spacial score (nSPS) is 15.8. The van der Waals surface area contributed by atoms with Crippen LogP contribution in [0, 0.1) is 13.8 Å². The summed E-state index contributed by atoms with van der Waals surface area (Å²) in [5.41, 5.74) is 3.65. The van der Waals surface area contributed by atoms with E-state index >= 15 is 0 Å². The topological polar surface area (TPSA) is 67.1 Å². The van der Waals surface area contributed by atoms with E-state index in [4.69, 9.17) is 4.52 Å². The minimum Gasteiger partial charge on any atom is -0.367 e. The maximum atomic E-state index is 5.33. The molecular weight excluding hydrogens is 338 g/mol. The lowest BCUT2D eigenvalue weighted by Crippen LogP contribution is -2.39. The van der Waals surface area contributed by atoms with Crippen LogP contribution in [-0.2, 0) is 6.54 Å². The Balaban J connectivity index is 1.38. The molecule has 0 saturated carbocycles. The predicted molar refractivity (Wildman–Crippen MR) is 105 cm³/mol. The third-order valence-corrected chi connectivity index (χ3v) is 5.15. The van der Waals surface area contributed by atoms with Crippen LogP contribution in [-0.4, -0.2) is 39.2 Å². The van der Waals surface area contributed by atoms with Crippen LogP contribution < -0.4 is 5.32 Å². The van der Waals surface area contributed by atoms with Crippen molar-refractivity contribution in [2.45, 2.75) is 39.3 Å². The Hall–Kier alpha value is -2.73. The van der Waals surface area contributed by atoms with Gasteiger partial charge in [0.15, 0.2) is 5.82 Å². The summed E-state index contributed by atoms with van der Waals surface area (Å²) in [6.45, 7) is 7.18. The Morgan fingerprint density at radius 1 is 1.11 bits per heavy atom. The van der Waals surface area contributed by atoms with Crippen LogP contribution in [0.3, 0.4) is 0 Å². The average molecular weight is 363 g/mol. The summed E-state index contributed by atoms with van der Waals surface area (Å²) in [6, 6.07) is 12.9. The SMILES string of the molecule is Cc1noc(-c2cccnc2NC2CCN(Cc3ccccc3C)CC2)n1. The molecule has 3 aromatic rings. The molecule has 27 heavy (non-hydrogen) atoms. The first-order chi connectivity index (χ1) is 13.2. The summed E-state index contributed by atoms with van der Waals surface area (Å²) in [5.74, 6) is 1.96. The second kappa shape index (κ2) is 7.88. The van der Waals surface area contributed by atoms with Gasteiger partial charge in [0.05, 0.1) is 5.56 Å². The highest BCUT2D eigenvalue weighted by atomic mass is 16.5. The molecule has 0 spiro atoms. The van der Waals surface area contributed by atoms with Gasteiger partial charge in [-0.1, -0.05) is 29.4 Å². The zero-order valence-corrected chi connectivity index (χ0v) is 15.9. The standard InChI is InChI=1S/C21H25N5O/c1-15-6-3-4-7-17(15)14-26-12-9-18(10-13-26)24-20-19(8-5-11-22-20)21-23-16(2)25-27-21/h3-8,11,18H,9-10,12-14H2,1-2H3,(H,22,24). The molecule has 3 heterocycles. The highest BCUT2D eigenvalue weighted by molar-refractivity contribution is 5.68. The minimum absolute atomic E-state index is 0.399. The summed E-state index contributed by atoms with van der Waals surface area (Å²) in [5, 5.41) is 7.48. The molecule has 6 heteroatoms. The van der Waals surface area contributed by atoms with Gasteiger partial charge in [-0.05, 0) is 49.9 Å². The van der Waals surface area contributed by atoms with Gasteiger partial charge in [0.1, 0.15) is 5.82 Å². The van der Waals surface area contributed by atoms with Crippen molar-refractivity contribution in [3.8, 4) is 11.5 Å². The van der Waals surface area contributed by atoms with Crippen molar-refractivity contribution >= 4 is 5.82 Å². The van der Waals surface area contributed by atoms with Gasteiger partial charge in [-0.25, -0.2) is 4.98 Å². The van der Waals surface area contributed by atoms with Crippen LogP contribution in [0.1, 0.15) is 29.8 Å². The van der Waals surface area contributed by atoms with Crippen molar-refractivity contribution in [1.82, 2.24) is 20.0 Å². The molecule has 1 fully saturated rings. The van der Waals surface area contributed by atoms with Gasteiger partial charge in [-0.15, -0.1) is 0 Å². The molecule has 1 aromatic carbocycles. The van der Waals surface area contributed by atoms with E-state index in [1.165, 1.54) is 11.1 Å². The number of hydrogen-bond donors (Lipinski definition) is 1. The van der Waals surface area contributed by atoms with Crippen LogP contribution in [0.5, 0.6) is 0 Å². The lowest BCUT2D eigenvalue weighted by Gasteiger charge is -2.33. The number of likely N-dealkylation sites (tertiary alicyclic amines) is 1. The Morgan fingerprint density at radius 3 is 2.67 bits per heavy atom. The number of piperidine rings is 1. The predicted octanol–water partition coefficient (Wildman–Crippen LogP) is 3.82. The Kier molecular flexibility index (Phi) is 5.16. The van der Waals surface area contributed by atoms with E-state index in [0.717, 1.165) is 43.9 Å². The Morgan fingerprint density at radius 2 is 1.93 bits per heavy atom. The summed E-state index contributed by atoms with van der Waals surface area (Å²) < 4.78 is 5.33. The maximum absolute atomic E-state index is 5.33. The summed E-state index contributed by atoms with van der Waals surface area (Å²) >= 11 is 0. The minimum atomic E-state index is 0.399. The van der Waals surface area contributed by atoms with E-state index in [9.17, 15) is 0 Å². The fourth-order valence-electron chi connectivity index (χ4n) is 3.56. The van der Waals surface area contributed by atoms with Gasteiger partial charge in [-0.3, -0.25) is 4.90 Å². The molecule has 1 aliphatic heterocycles. The van der Waals surface area contributed by atoms with Gasteiger partial charge >= 0.3 is 0 Å². The summed E-state index contributed by atoms with van der Waals surface area (Å²) in [4.78, 5) is 11.4. The fraction of sp³-hybridized carbons (Fsp3) is 0.381. The molecule has 1 aliphatic rings. The number of pyridine rings is 1. The average Bonchev–Trinajstić information content (AvgIpc) is 3.12.